The number of fused-ring (bicyclic) bond motifs is 1. The summed E-state index contributed by atoms with van der Waals surface area (Å²) in [6, 6.07) is 18.6. The average Bonchev–Trinajstić information content (AvgIpc) is 3.50. The van der Waals surface area contributed by atoms with E-state index < -0.39 is 12.1 Å². The summed E-state index contributed by atoms with van der Waals surface area (Å²) in [6.45, 7) is 2.71. The standard InChI is InChI=1S/C30H29FN4O4/c31-22-11-13-35(18-22)12-2-14-39-24-8-6-23(7-9-24)33-17-26-25-10-5-20(16-27(25)34-30(26)38)28(36)19-3-1-4-21(15-19)29(32)37/h1,3-10,15-17,22,34,38H,2,11-14,18H2,(H2,32,37). The lowest BCUT2D eigenvalue weighted by Crippen LogP contribution is -2.23. The van der Waals surface area contributed by atoms with Crippen molar-refractivity contribution in [1.82, 2.24) is 9.88 Å². The number of likely N-dealkylation sites (tertiary alicyclic amines) is 1. The highest BCUT2D eigenvalue weighted by atomic mass is 19.1. The number of ether oxygens (including phenoxy) is 1. The third-order valence-corrected chi connectivity index (χ3v) is 6.77. The summed E-state index contributed by atoms with van der Waals surface area (Å²) < 4.78 is 19.0. The number of aliphatic imine (C=N–C) groups is 1. The Bertz CT molecular complexity index is 1530. The number of nitrogens with zero attached hydrogens (tertiary/aromatic N) is 2. The van der Waals surface area contributed by atoms with Gasteiger partial charge in [-0.3, -0.25) is 14.6 Å². The lowest BCUT2D eigenvalue weighted by atomic mass is 10.00. The molecular weight excluding hydrogens is 499 g/mol. The Hall–Kier alpha value is -4.50. The minimum Gasteiger partial charge on any atom is -0.494 e. The molecule has 5 rings (SSSR count). The molecule has 0 saturated carbocycles. The number of H-pyrrole nitrogens is 1. The molecule has 0 bridgehead atoms. The topological polar surface area (TPSA) is 121 Å². The Balaban J connectivity index is 1.22. The Morgan fingerprint density at radius 2 is 1.87 bits per heavy atom. The van der Waals surface area contributed by atoms with Crippen LogP contribution >= 0.6 is 0 Å². The Morgan fingerprint density at radius 3 is 2.62 bits per heavy atom. The van der Waals surface area contributed by atoms with E-state index in [2.05, 4.69) is 14.9 Å². The molecule has 4 N–H and O–H groups in total. The van der Waals surface area contributed by atoms with Crippen molar-refractivity contribution >= 4 is 34.5 Å². The van der Waals surface area contributed by atoms with Crippen molar-refractivity contribution in [1.29, 1.82) is 0 Å². The van der Waals surface area contributed by atoms with Gasteiger partial charge in [0.1, 0.15) is 11.9 Å². The number of primary amides is 1. The second-order valence-corrected chi connectivity index (χ2v) is 9.56. The summed E-state index contributed by atoms with van der Waals surface area (Å²) in [6.07, 6.45) is 2.32. The van der Waals surface area contributed by atoms with Gasteiger partial charge in [0.25, 0.3) is 0 Å². The molecule has 1 unspecified atom stereocenters. The number of aromatic amines is 1. The van der Waals surface area contributed by atoms with Gasteiger partial charge in [-0.2, -0.15) is 0 Å². The van der Waals surface area contributed by atoms with Crippen molar-refractivity contribution in [2.24, 2.45) is 10.7 Å². The van der Waals surface area contributed by atoms with E-state index in [9.17, 15) is 19.1 Å². The molecule has 1 saturated heterocycles. The van der Waals surface area contributed by atoms with Gasteiger partial charge < -0.3 is 25.5 Å². The van der Waals surface area contributed by atoms with E-state index in [4.69, 9.17) is 10.5 Å². The molecule has 4 aromatic rings. The minimum absolute atomic E-state index is 0.0638. The zero-order chi connectivity index (χ0) is 27.4. The molecule has 1 atom stereocenters. The maximum Gasteiger partial charge on any atom is 0.248 e. The van der Waals surface area contributed by atoms with E-state index in [1.807, 2.05) is 24.3 Å². The maximum atomic E-state index is 13.2. The van der Waals surface area contributed by atoms with Gasteiger partial charge in [-0.15, -0.1) is 0 Å². The molecule has 2 heterocycles. The fraction of sp³-hybridized carbons (Fsp3) is 0.233. The number of carbonyl (C=O) groups is 2. The Kier molecular flexibility index (Phi) is 7.69. The van der Waals surface area contributed by atoms with Crippen LogP contribution in [-0.4, -0.2) is 65.3 Å². The van der Waals surface area contributed by atoms with Crippen LogP contribution in [0.25, 0.3) is 10.9 Å². The summed E-state index contributed by atoms with van der Waals surface area (Å²) in [4.78, 5) is 33.9. The average molecular weight is 529 g/mol. The number of ketones is 1. The first-order valence-electron chi connectivity index (χ1n) is 12.8. The first-order chi connectivity index (χ1) is 18.9. The minimum atomic E-state index is -0.703. The lowest BCUT2D eigenvalue weighted by Gasteiger charge is -2.14. The van der Waals surface area contributed by atoms with Gasteiger partial charge >= 0.3 is 0 Å². The number of hydrogen-bond donors (Lipinski definition) is 3. The van der Waals surface area contributed by atoms with Crippen LogP contribution in [-0.2, 0) is 0 Å². The van der Waals surface area contributed by atoms with Crippen LogP contribution in [0, 0.1) is 0 Å². The van der Waals surface area contributed by atoms with Gasteiger partial charge in [-0.25, -0.2) is 4.39 Å². The number of halogens is 1. The third-order valence-electron chi connectivity index (χ3n) is 6.77. The zero-order valence-electron chi connectivity index (χ0n) is 21.3. The van der Waals surface area contributed by atoms with Crippen molar-refractivity contribution in [2.75, 3.05) is 26.2 Å². The van der Waals surface area contributed by atoms with Crippen LogP contribution in [0.3, 0.4) is 0 Å². The van der Waals surface area contributed by atoms with Crippen molar-refractivity contribution in [3.8, 4) is 11.6 Å². The predicted molar refractivity (Wildman–Crippen MR) is 148 cm³/mol. The second-order valence-electron chi connectivity index (χ2n) is 9.56. The van der Waals surface area contributed by atoms with Crippen molar-refractivity contribution < 1.29 is 23.8 Å². The molecule has 1 fully saturated rings. The molecule has 0 aliphatic carbocycles. The van der Waals surface area contributed by atoms with E-state index in [1.54, 1.807) is 42.6 Å². The summed E-state index contributed by atoms with van der Waals surface area (Å²) in [7, 11) is 0. The summed E-state index contributed by atoms with van der Waals surface area (Å²) in [5, 5.41) is 11.2. The van der Waals surface area contributed by atoms with Crippen LogP contribution in [0.2, 0.25) is 0 Å². The van der Waals surface area contributed by atoms with Gasteiger partial charge in [-0.05, 0) is 55.3 Å². The van der Waals surface area contributed by atoms with E-state index in [0.717, 1.165) is 25.3 Å². The molecule has 3 aromatic carbocycles. The van der Waals surface area contributed by atoms with E-state index in [1.165, 1.54) is 6.07 Å². The highest BCUT2D eigenvalue weighted by Crippen LogP contribution is 2.28. The summed E-state index contributed by atoms with van der Waals surface area (Å²) in [5.74, 6) is -0.207. The van der Waals surface area contributed by atoms with Gasteiger partial charge in [0.05, 0.1) is 17.9 Å². The van der Waals surface area contributed by atoms with Crippen molar-refractivity contribution in [3.05, 3.63) is 89.0 Å². The number of aromatic hydroxyl groups is 1. The van der Waals surface area contributed by atoms with Gasteiger partial charge in [0.15, 0.2) is 11.7 Å². The van der Waals surface area contributed by atoms with E-state index >= 15 is 0 Å². The summed E-state index contributed by atoms with van der Waals surface area (Å²) in [5.41, 5.74) is 8.09. The molecular formula is C30H29FN4O4. The Morgan fingerprint density at radius 1 is 1.10 bits per heavy atom. The number of nitrogens with two attached hydrogens (primary N) is 1. The second kappa shape index (κ2) is 11.5. The highest BCUT2D eigenvalue weighted by molar-refractivity contribution is 6.12. The lowest BCUT2D eigenvalue weighted by molar-refractivity contribution is 0.1000. The fourth-order valence-corrected chi connectivity index (χ4v) is 4.69. The first-order valence-corrected chi connectivity index (χ1v) is 12.8. The van der Waals surface area contributed by atoms with Crippen LogP contribution in [0.1, 0.15) is 44.7 Å². The molecule has 0 radical (unpaired) electrons. The van der Waals surface area contributed by atoms with Crippen molar-refractivity contribution in [2.45, 2.75) is 19.0 Å². The van der Waals surface area contributed by atoms with Crippen LogP contribution in [0.4, 0.5) is 10.1 Å². The van der Waals surface area contributed by atoms with Gasteiger partial charge in [0.2, 0.25) is 5.91 Å². The third kappa shape index (κ3) is 6.15. The molecule has 1 aromatic heterocycles. The van der Waals surface area contributed by atoms with Crippen LogP contribution in [0.5, 0.6) is 11.6 Å². The quantitative estimate of drug-likeness (QED) is 0.156. The number of amides is 1. The number of nitrogens with one attached hydrogen (secondary N) is 1. The fourth-order valence-electron chi connectivity index (χ4n) is 4.69. The Labute approximate surface area is 224 Å². The molecule has 9 heteroatoms. The number of carbonyl (C=O) groups excluding carboxylic acids is 2. The number of benzene rings is 3. The SMILES string of the molecule is NC(=O)c1cccc(C(=O)c2ccc3c(C=Nc4ccc(OCCCN5CCC(F)C5)cc4)c(O)[nH]c3c2)c1. The molecule has 8 nitrogen and oxygen atoms in total. The first kappa shape index (κ1) is 26.1. The van der Waals surface area contributed by atoms with Gasteiger partial charge in [-0.1, -0.05) is 24.3 Å². The number of aromatic nitrogens is 1. The van der Waals surface area contributed by atoms with Crippen LogP contribution < -0.4 is 10.5 Å². The number of alkyl halides is 1. The van der Waals surface area contributed by atoms with Crippen molar-refractivity contribution in [3.63, 3.8) is 0 Å². The molecule has 1 amide bonds. The molecule has 0 spiro atoms. The maximum absolute atomic E-state index is 13.2. The highest BCUT2D eigenvalue weighted by Gasteiger charge is 2.20. The molecule has 39 heavy (non-hydrogen) atoms. The summed E-state index contributed by atoms with van der Waals surface area (Å²) >= 11 is 0. The number of rotatable bonds is 10. The molecule has 1 aliphatic rings. The zero-order valence-corrected chi connectivity index (χ0v) is 21.3. The van der Waals surface area contributed by atoms with E-state index in [-0.39, 0.29) is 17.2 Å². The smallest absolute Gasteiger partial charge is 0.248 e. The predicted octanol–water partition coefficient (Wildman–Crippen LogP) is 4.77. The van der Waals surface area contributed by atoms with E-state index in [0.29, 0.717) is 52.9 Å². The van der Waals surface area contributed by atoms with Gasteiger partial charge in [0, 0.05) is 53.4 Å². The molecule has 200 valence electrons. The largest absolute Gasteiger partial charge is 0.494 e. The normalized spacial score (nSPS) is 15.8. The number of hydrogen-bond acceptors (Lipinski definition) is 6. The van der Waals surface area contributed by atoms with Crippen LogP contribution in [0.15, 0.2) is 71.7 Å². The molecule has 1 aliphatic heterocycles. The monoisotopic (exact) mass is 528 g/mol.